The Kier molecular flexibility index (Phi) is 5.28. The minimum Gasteiger partial charge on any atom is -0.375 e. The molecule has 0 aliphatic heterocycles. The first kappa shape index (κ1) is 15.0. The van der Waals surface area contributed by atoms with Crippen LogP contribution in [0.4, 0.5) is 10.5 Å². The Balaban J connectivity index is 1.80. The zero-order chi connectivity index (χ0) is 15.1. The van der Waals surface area contributed by atoms with Crippen molar-refractivity contribution in [1.82, 2.24) is 15.5 Å². The topological polar surface area (TPSA) is 89.3 Å². The van der Waals surface area contributed by atoms with Gasteiger partial charge in [-0.05, 0) is 24.1 Å². The molecule has 0 spiro atoms. The minimum absolute atomic E-state index is 0.187. The highest BCUT2D eigenvalue weighted by Crippen LogP contribution is 2.09. The quantitative estimate of drug-likeness (QED) is 0.850. The SMILES string of the molecule is CCc1ccc(NC(=O)NCc2noc(COC)n2)cc1. The molecule has 2 rings (SSSR count). The number of carbonyl (C=O) groups is 1. The van der Waals surface area contributed by atoms with E-state index in [1.807, 2.05) is 24.3 Å². The number of hydrogen-bond donors (Lipinski definition) is 2. The van der Waals surface area contributed by atoms with Gasteiger partial charge in [-0.3, -0.25) is 0 Å². The molecule has 112 valence electrons. The third-order valence-corrected chi connectivity index (χ3v) is 2.81. The molecule has 1 heterocycles. The fourth-order valence-electron chi connectivity index (χ4n) is 1.70. The van der Waals surface area contributed by atoms with Crippen molar-refractivity contribution >= 4 is 11.7 Å². The first-order valence-corrected chi connectivity index (χ1v) is 6.65. The highest BCUT2D eigenvalue weighted by atomic mass is 16.5. The number of aryl methyl sites for hydroxylation is 1. The normalized spacial score (nSPS) is 10.4. The number of benzene rings is 1. The van der Waals surface area contributed by atoms with E-state index in [1.54, 1.807) is 7.11 Å². The molecule has 2 amide bonds. The molecule has 0 saturated heterocycles. The van der Waals surface area contributed by atoms with Crippen molar-refractivity contribution in [3.05, 3.63) is 41.5 Å². The summed E-state index contributed by atoms with van der Waals surface area (Å²) in [6.45, 7) is 2.52. The number of aromatic nitrogens is 2. The standard InChI is InChI=1S/C14H18N4O3/c1-3-10-4-6-11(7-5-10)16-14(19)15-8-12-17-13(9-20-2)21-18-12/h4-7H,3,8-9H2,1-2H3,(H2,15,16,19). The van der Waals surface area contributed by atoms with E-state index in [9.17, 15) is 4.79 Å². The molecule has 1 aromatic carbocycles. The van der Waals surface area contributed by atoms with Crippen LogP contribution < -0.4 is 10.6 Å². The molecule has 0 bridgehead atoms. The Labute approximate surface area is 122 Å². The number of rotatable bonds is 6. The van der Waals surface area contributed by atoms with Crippen LogP contribution in [0, 0.1) is 0 Å². The summed E-state index contributed by atoms with van der Waals surface area (Å²) in [6.07, 6.45) is 0.966. The van der Waals surface area contributed by atoms with Gasteiger partial charge in [0, 0.05) is 12.8 Å². The second-order valence-electron chi connectivity index (χ2n) is 4.40. The molecule has 0 aliphatic rings. The third kappa shape index (κ3) is 4.57. The van der Waals surface area contributed by atoms with Crippen LogP contribution in [0.2, 0.25) is 0 Å². The van der Waals surface area contributed by atoms with Gasteiger partial charge in [0.05, 0.1) is 6.54 Å². The molecule has 7 heteroatoms. The smallest absolute Gasteiger partial charge is 0.319 e. The molecular weight excluding hydrogens is 272 g/mol. The summed E-state index contributed by atoms with van der Waals surface area (Å²) in [4.78, 5) is 15.8. The lowest BCUT2D eigenvalue weighted by atomic mass is 10.1. The van der Waals surface area contributed by atoms with Gasteiger partial charge in [0.2, 0.25) is 0 Å². The Morgan fingerprint density at radius 1 is 1.33 bits per heavy atom. The lowest BCUT2D eigenvalue weighted by Gasteiger charge is -2.06. The first-order valence-electron chi connectivity index (χ1n) is 6.65. The monoisotopic (exact) mass is 290 g/mol. The largest absolute Gasteiger partial charge is 0.375 e. The number of amides is 2. The maximum atomic E-state index is 11.7. The fourth-order valence-corrected chi connectivity index (χ4v) is 1.70. The van der Waals surface area contributed by atoms with Gasteiger partial charge in [0.25, 0.3) is 5.89 Å². The first-order chi connectivity index (χ1) is 10.2. The molecule has 1 aromatic heterocycles. The van der Waals surface area contributed by atoms with Gasteiger partial charge in [0.1, 0.15) is 6.61 Å². The van der Waals surface area contributed by atoms with Crippen molar-refractivity contribution < 1.29 is 14.1 Å². The van der Waals surface area contributed by atoms with E-state index in [2.05, 4.69) is 27.7 Å². The number of nitrogens with zero attached hydrogens (tertiary/aromatic N) is 2. The second kappa shape index (κ2) is 7.39. The van der Waals surface area contributed by atoms with Crippen LogP contribution in [0.15, 0.2) is 28.8 Å². The van der Waals surface area contributed by atoms with Gasteiger partial charge >= 0.3 is 6.03 Å². The average Bonchev–Trinajstić information content (AvgIpc) is 2.94. The number of urea groups is 1. The second-order valence-corrected chi connectivity index (χ2v) is 4.40. The van der Waals surface area contributed by atoms with E-state index in [-0.39, 0.29) is 19.2 Å². The average molecular weight is 290 g/mol. The van der Waals surface area contributed by atoms with E-state index < -0.39 is 0 Å². The molecule has 21 heavy (non-hydrogen) atoms. The summed E-state index contributed by atoms with van der Waals surface area (Å²) in [7, 11) is 1.54. The van der Waals surface area contributed by atoms with Gasteiger partial charge in [-0.2, -0.15) is 4.98 Å². The molecule has 0 atom stereocenters. The fraction of sp³-hybridized carbons (Fsp3) is 0.357. The molecule has 0 unspecified atom stereocenters. The molecule has 0 saturated carbocycles. The van der Waals surface area contributed by atoms with Gasteiger partial charge in [-0.15, -0.1) is 0 Å². The predicted octanol–water partition coefficient (Wildman–Crippen LogP) is 2.10. The molecule has 7 nitrogen and oxygen atoms in total. The van der Waals surface area contributed by atoms with E-state index in [4.69, 9.17) is 9.26 Å². The maximum Gasteiger partial charge on any atom is 0.319 e. The Morgan fingerprint density at radius 2 is 2.10 bits per heavy atom. The number of anilines is 1. The lowest BCUT2D eigenvalue weighted by Crippen LogP contribution is -2.28. The highest BCUT2D eigenvalue weighted by molar-refractivity contribution is 5.89. The zero-order valence-corrected chi connectivity index (χ0v) is 12.0. The number of carbonyl (C=O) groups excluding carboxylic acids is 1. The molecule has 2 N–H and O–H groups in total. The summed E-state index contributed by atoms with van der Waals surface area (Å²) < 4.78 is 9.79. The Morgan fingerprint density at radius 3 is 2.76 bits per heavy atom. The summed E-state index contributed by atoms with van der Waals surface area (Å²) in [5, 5.41) is 9.12. The van der Waals surface area contributed by atoms with E-state index in [0.717, 1.165) is 12.1 Å². The van der Waals surface area contributed by atoms with E-state index >= 15 is 0 Å². The van der Waals surface area contributed by atoms with Gasteiger partial charge in [0.15, 0.2) is 5.82 Å². The summed E-state index contributed by atoms with van der Waals surface area (Å²) >= 11 is 0. The third-order valence-electron chi connectivity index (χ3n) is 2.81. The molecule has 2 aromatic rings. The molecule has 0 radical (unpaired) electrons. The van der Waals surface area contributed by atoms with Gasteiger partial charge in [-0.1, -0.05) is 24.2 Å². The Bertz CT molecular complexity index is 580. The summed E-state index contributed by atoms with van der Waals surface area (Å²) in [6, 6.07) is 7.36. The maximum absolute atomic E-state index is 11.7. The van der Waals surface area contributed by atoms with E-state index in [0.29, 0.717) is 11.7 Å². The van der Waals surface area contributed by atoms with Crippen LogP contribution in [-0.4, -0.2) is 23.3 Å². The van der Waals surface area contributed by atoms with Crippen molar-refractivity contribution in [2.24, 2.45) is 0 Å². The van der Waals surface area contributed by atoms with Crippen molar-refractivity contribution in [2.75, 3.05) is 12.4 Å². The number of nitrogens with one attached hydrogen (secondary N) is 2. The van der Waals surface area contributed by atoms with Gasteiger partial charge < -0.3 is 19.9 Å². The van der Waals surface area contributed by atoms with Crippen molar-refractivity contribution in [1.29, 1.82) is 0 Å². The molecule has 0 aliphatic carbocycles. The van der Waals surface area contributed by atoms with Crippen molar-refractivity contribution in [3.63, 3.8) is 0 Å². The van der Waals surface area contributed by atoms with Crippen LogP contribution in [0.3, 0.4) is 0 Å². The number of hydrogen-bond acceptors (Lipinski definition) is 5. The van der Waals surface area contributed by atoms with Crippen molar-refractivity contribution in [3.8, 4) is 0 Å². The van der Waals surface area contributed by atoms with Gasteiger partial charge in [-0.25, -0.2) is 4.79 Å². The van der Waals surface area contributed by atoms with Crippen LogP contribution in [0.5, 0.6) is 0 Å². The van der Waals surface area contributed by atoms with Crippen LogP contribution in [0.25, 0.3) is 0 Å². The zero-order valence-electron chi connectivity index (χ0n) is 12.0. The van der Waals surface area contributed by atoms with Crippen LogP contribution in [-0.2, 0) is 24.3 Å². The highest BCUT2D eigenvalue weighted by Gasteiger charge is 2.07. The number of ether oxygens (including phenoxy) is 1. The summed E-state index contributed by atoms with van der Waals surface area (Å²) in [5.74, 6) is 0.781. The predicted molar refractivity (Wildman–Crippen MR) is 76.7 cm³/mol. The van der Waals surface area contributed by atoms with Crippen LogP contribution in [0.1, 0.15) is 24.2 Å². The van der Waals surface area contributed by atoms with Crippen molar-refractivity contribution in [2.45, 2.75) is 26.5 Å². The summed E-state index contributed by atoms with van der Waals surface area (Å²) in [5.41, 5.74) is 1.95. The lowest BCUT2D eigenvalue weighted by molar-refractivity contribution is 0.151. The minimum atomic E-state index is -0.322. The molecule has 0 fully saturated rings. The van der Waals surface area contributed by atoms with Crippen LogP contribution >= 0.6 is 0 Å². The number of methoxy groups -OCH3 is 1. The Hall–Kier alpha value is -2.41. The van der Waals surface area contributed by atoms with E-state index in [1.165, 1.54) is 5.56 Å². The molecular formula is C14H18N4O3.